The lowest BCUT2D eigenvalue weighted by Gasteiger charge is -2.13. The molecular weight excluding hydrogens is 486 g/mol. The fourth-order valence-electron chi connectivity index (χ4n) is 2.43. The summed E-state index contributed by atoms with van der Waals surface area (Å²) >= 11 is 9.96. The summed E-state index contributed by atoms with van der Waals surface area (Å²) in [6, 6.07) is 10.7. The molecule has 11 heteroatoms. The molecule has 1 aliphatic rings. The SMILES string of the molecule is O=C(CN1C(=O)S/C(=C\c2cc([N+](=O)[O-])ccc2Cl)C1=O)Nc1ccccc1Br. The average Bonchev–Trinajstić information content (AvgIpc) is 2.92. The molecule has 0 saturated carbocycles. The normalized spacial score (nSPS) is 15.1. The minimum Gasteiger partial charge on any atom is -0.324 e. The van der Waals surface area contributed by atoms with E-state index in [0.717, 1.165) is 4.90 Å². The molecule has 0 bridgehead atoms. The topological polar surface area (TPSA) is 110 Å². The number of amides is 3. The summed E-state index contributed by atoms with van der Waals surface area (Å²) in [5, 5.41) is 13.1. The zero-order valence-corrected chi connectivity index (χ0v) is 17.6. The quantitative estimate of drug-likeness (QED) is 0.365. The number of benzene rings is 2. The van der Waals surface area contributed by atoms with Gasteiger partial charge in [0.15, 0.2) is 0 Å². The van der Waals surface area contributed by atoms with Crippen molar-refractivity contribution >= 4 is 73.8 Å². The third-order valence-corrected chi connectivity index (χ3v) is 5.74. The van der Waals surface area contributed by atoms with E-state index in [0.29, 0.717) is 21.9 Å². The summed E-state index contributed by atoms with van der Waals surface area (Å²) in [7, 11) is 0. The Bertz CT molecular complexity index is 1080. The van der Waals surface area contributed by atoms with Gasteiger partial charge in [0.05, 0.1) is 15.5 Å². The lowest BCUT2D eigenvalue weighted by molar-refractivity contribution is -0.384. The number of nitro groups is 1. The molecule has 2 aromatic rings. The van der Waals surface area contributed by atoms with Crippen molar-refractivity contribution in [2.24, 2.45) is 0 Å². The van der Waals surface area contributed by atoms with Crippen molar-refractivity contribution in [1.82, 2.24) is 4.90 Å². The molecule has 0 atom stereocenters. The lowest BCUT2D eigenvalue weighted by atomic mass is 10.2. The van der Waals surface area contributed by atoms with Crippen LogP contribution in [-0.4, -0.2) is 33.4 Å². The van der Waals surface area contributed by atoms with Gasteiger partial charge >= 0.3 is 0 Å². The van der Waals surface area contributed by atoms with Crippen LogP contribution in [0.25, 0.3) is 6.08 Å². The third-order valence-electron chi connectivity index (χ3n) is 3.80. The highest BCUT2D eigenvalue weighted by molar-refractivity contribution is 9.10. The standard InChI is InChI=1S/C18H11BrClN3O5S/c19-12-3-1-2-4-14(12)21-16(24)9-22-17(25)15(29-18(22)26)8-10-7-11(23(27)28)5-6-13(10)20/h1-8H,9H2,(H,21,24)/b15-8-. The molecule has 1 fully saturated rings. The van der Waals surface area contributed by atoms with Crippen LogP contribution in [0.3, 0.4) is 0 Å². The van der Waals surface area contributed by atoms with Crippen LogP contribution in [0.1, 0.15) is 5.56 Å². The molecule has 0 spiro atoms. The minimum atomic E-state index is -0.676. The summed E-state index contributed by atoms with van der Waals surface area (Å²) in [4.78, 5) is 48.2. The number of nitro benzene ring substituents is 1. The number of nitrogens with zero attached hydrogens (tertiary/aromatic N) is 2. The average molecular weight is 497 g/mol. The summed E-state index contributed by atoms with van der Waals surface area (Å²) in [6.07, 6.45) is 1.30. The Hall–Kier alpha value is -2.69. The molecular formula is C18H11BrClN3O5S. The molecule has 0 aliphatic carbocycles. The summed E-state index contributed by atoms with van der Waals surface area (Å²) in [6.45, 7) is -0.466. The Kier molecular flexibility index (Phi) is 6.36. The number of hydrogen-bond acceptors (Lipinski definition) is 6. The van der Waals surface area contributed by atoms with Crippen LogP contribution in [-0.2, 0) is 9.59 Å². The minimum absolute atomic E-state index is 0.0195. The van der Waals surface area contributed by atoms with Crippen LogP contribution in [0.15, 0.2) is 51.8 Å². The zero-order chi connectivity index (χ0) is 21.1. The number of hydrogen-bond donors (Lipinski definition) is 1. The predicted molar refractivity (Wildman–Crippen MR) is 114 cm³/mol. The number of anilines is 1. The van der Waals surface area contributed by atoms with Crippen LogP contribution in [0.4, 0.5) is 16.2 Å². The van der Waals surface area contributed by atoms with Crippen molar-refractivity contribution < 1.29 is 19.3 Å². The van der Waals surface area contributed by atoms with Gasteiger partial charge in [0.25, 0.3) is 16.8 Å². The molecule has 1 heterocycles. The van der Waals surface area contributed by atoms with E-state index in [1.807, 2.05) is 0 Å². The Morgan fingerprint density at radius 2 is 2.00 bits per heavy atom. The molecule has 3 rings (SSSR count). The van der Waals surface area contributed by atoms with E-state index in [9.17, 15) is 24.5 Å². The molecule has 29 heavy (non-hydrogen) atoms. The van der Waals surface area contributed by atoms with Gasteiger partial charge in [0.2, 0.25) is 5.91 Å². The van der Waals surface area contributed by atoms with E-state index in [-0.39, 0.29) is 21.2 Å². The summed E-state index contributed by atoms with van der Waals surface area (Å²) < 4.78 is 0.655. The maximum Gasteiger partial charge on any atom is 0.294 e. The first-order chi connectivity index (χ1) is 13.8. The molecule has 1 N–H and O–H groups in total. The van der Waals surface area contributed by atoms with Crippen LogP contribution in [0, 0.1) is 10.1 Å². The van der Waals surface area contributed by atoms with E-state index in [1.165, 1.54) is 24.3 Å². The van der Waals surface area contributed by atoms with E-state index >= 15 is 0 Å². The van der Waals surface area contributed by atoms with Gasteiger partial charge in [0.1, 0.15) is 6.54 Å². The van der Waals surface area contributed by atoms with Crippen molar-refractivity contribution in [3.63, 3.8) is 0 Å². The number of imide groups is 1. The summed E-state index contributed by atoms with van der Waals surface area (Å²) in [5.74, 6) is -1.22. The Morgan fingerprint density at radius 1 is 1.28 bits per heavy atom. The van der Waals surface area contributed by atoms with E-state index in [4.69, 9.17) is 11.6 Å². The number of carbonyl (C=O) groups excluding carboxylic acids is 3. The van der Waals surface area contributed by atoms with Gasteiger partial charge < -0.3 is 5.32 Å². The van der Waals surface area contributed by atoms with E-state index in [2.05, 4.69) is 21.2 Å². The van der Waals surface area contributed by atoms with Gasteiger partial charge in [0, 0.05) is 27.2 Å². The number of para-hydroxylation sites is 1. The van der Waals surface area contributed by atoms with Gasteiger partial charge in [-0.05, 0) is 52.0 Å². The maximum absolute atomic E-state index is 12.6. The van der Waals surface area contributed by atoms with Gasteiger partial charge in [-0.25, -0.2) is 0 Å². The van der Waals surface area contributed by atoms with Crippen molar-refractivity contribution in [2.75, 3.05) is 11.9 Å². The number of carbonyl (C=O) groups is 3. The Morgan fingerprint density at radius 3 is 2.69 bits per heavy atom. The molecule has 1 aliphatic heterocycles. The Labute approximate surface area is 182 Å². The molecule has 2 aromatic carbocycles. The second kappa shape index (κ2) is 8.76. The highest BCUT2D eigenvalue weighted by Gasteiger charge is 2.36. The van der Waals surface area contributed by atoms with Crippen LogP contribution >= 0.6 is 39.3 Å². The molecule has 0 aromatic heterocycles. The number of halogens is 2. The van der Waals surface area contributed by atoms with E-state index < -0.39 is 28.5 Å². The fraction of sp³-hybridized carbons (Fsp3) is 0.0556. The molecule has 3 amide bonds. The molecule has 0 radical (unpaired) electrons. The van der Waals surface area contributed by atoms with Crippen LogP contribution < -0.4 is 5.32 Å². The molecule has 8 nitrogen and oxygen atoms in total. The van der Waals surface area contributed by atoms with E-state index in [1.54, 1.807) is 24.3 Å². The smallest absolute Gasteiger partial charge is 0.294 e. The number of non-ortho nitro benzene ring substituents is 1. The molecule has 0 unspecified atom stereocenters. The van der Waals surface area contributed by atoms with Crippen LogP contribution in [0.5, 0.6) is 0 Å². The maximum atomic E-state index is 12.6. The lowest BCUT2D eigenvalue weighted by Crippen LogP contribution is -2.36. The highest BCUT2D eigenvalue weighted by Crippen LogP contribution is 2.34. The first-order valence-electron chi connectivity index (χ1n) is 8.00. The van der Waals surface area contributed by atoms with Crippen molar-refractivity contribution in [3.05, 3.63) is 72.5 Å². The first-order valence-corrected chi connectivity index (χ1v) is 9.98. The monoisotopic (exact) mass is 495 g/mol. The Balaban J connectivity index is 1.77. The van der Waals surface area contributed by atoms with Gasteiger partial charge in [-0.2, -0.15) is 0 Å². The van der Waals surface area contributed by atoms with Gasteiger partial charge in [-0.1, -0.05) is 23.7 Å². The van der Waals surface area contributed by atoms with Crippen molar-refractivity contribution in [3.8, 4) is 0 Å². The van der Waals surface area contributed by atoms with Crippen LogP contribution in [0.2, 0.25) is 5.02 Å². The highest BCUT2D eigenvalue weighted by atomic mass is 79.9. The predicted octanol–water partition coefficient (Wildman–Crippen LogP) is 4.69. The van der Waals surface area contributed by atoms with Crippen molar-refractivity contribution in [1.29, 1.82) is 0 Å². The number of rotatable bonds is 5. The second-order valence-corrected chi connectivity index (χ2v) is 8.01. The number of thioether (sulfide) groups is 1. The molecule has 148 valence electrons. The fourth-order valence-corrected chi connectivity index (χ4v) is 3.81. The third kappa shape index (κ3) is 4.84. The molecule has 1 saturated heterocycles. The van der Waals surface area contributed by atoms with Gasteiger partial charge in [-0.15, -0.1) is 0 Å². The first kappa shape index (κ1) is 21.0. The van der Waals surface area contributed by atoms with Crippen molar-refractivity contribution in [2.45, 2.75) is 0 Å². The largest absolute Gasteiger partial charge is 0.324 e. The van der Waals surface area contributed by atoms with Gasteiger partial charge in [-0.3, -0.25) is 29.4 Å². The second-order valence-electron chi connectivity index (χ2n) is 5.76. The zero-order valence-electron chi connectivity index (χ0n) is 14.4. The number of nitrogens with one attached hydrogen (secondary N) is 1. The summed E-state index contributed by atoms with van der Waals surface area (Å²) in [5.41, 5.74) is 0.528.